The summed E-state index contributed by atoms with van der Waals surface area (Å²) < 4.78 is 0. The zero-order chi connectivity index (χ0) is 12.0. The number of rotatable bonds is 2. The number of hydrogen-bond acceptors (Lipinski definition) is 4. The van der Waals surface area contributed by atoms with Crippen LogP contribution in [0.4, 0.5) is 0 Å². The van der Waals surface area contributed by atoms with Crippen LogP contribution in [0, 0.1) is 0 Å². The van der Waals surface area contributed by atoms with Crippen molar-refractivity contribution in [1.29, 1.82) is 0 Å². The Hall–Kier alpha value is -1.32. The summed E-state index contributed by atoms with van der Waals surface area (Å²) in [5, 5.41) is 0. The van der Waals surface area contributed by atoms with Crippen LogP contribution in [0.3, 0.4) is 0 Å². The molecule has 0 atom stereocenters. The maximum absolute atomic E-state index is 2.25. The van der Waals surface area contributed by atoms with Crippen molar-refractivity contribution in [1.82, 2.24) is 19.6 Å². The predicted molar refractivity (Wildman–Crippen MR) is 88.5 cm³/mol. The second kappa shape index (κ2) is 11.8. The highest BCUT2D eigenvalue weighted by molar-refractivity contribution is 4.88. The topological polar surface area (TPSA) is 13.0 Å². The standard InChI is InChI=1S/2C6H12N2.3CH4/c2*1-3-8-5-4-7(2)6-8;;;/h2*4-5H,3,6H2,1-2H3;3*1H4. The Morgan fingerprint density at radius 3 is 1.11 bits per heavy atom. The van der Waals surface area contributed by atoms with Gasteiger partial charge >= 0.3 is 0 Å². The Balaban J connectivity index is -0.000000233. The average molecular weight is 272 g/mol. The summed E-state index contributed by atoms with van der Waals surface area (Å²) in [6, 6.07) is 0. The molecule has 19 heavy (non-hydrogen) atoms. The maximum atomic E-state index is 2.25. The molecule has 0 unspecified atom stereocenters. The van der Waals surface area contributed by atoms with Crippen LogP contribution in [0.1, 0.15) is 36.1 Å². The molecule has 4 heteroatoms. The smallest absolute Gasteiger partial charge is 0.0890 e. The molecule has 2 aliphatic rings. The zero-order valence-corrected chi connectivity index (χ0v) is 10.9. The van der Waals surface area contributed by atoms with E-state index in [2.05, 4.69) is 72.3 Å². The highest BCUT2D eigenvalue weighted by atomic mass is 15.3. The molecule has 4 nitrogen and oxygen atoms in total. The van der Waals surface area contributed by atoms with E-state index in [1.807, 2.05) is 0 Å². The molecule has 0 aromatic carbocycles. The lowest BCUT2D eigenvalue weighted by Gasteiger charge is -2.14. The molecule has 0 aromatic heterocycles. The van der Waals surface area contributed by atoms with Crippen molar-refractivity contribution in [3.05, 3.63) is 24.8 Å². The molecule has 0 aliphatic carbocycles. The lowest BCUT2D eigenvalue weighted by Crippen LogP contribution is -2.21. The summed E-state index contributed by atoms with van der Waals surface area (Å²) in [5.41, 5.74) is 0. The van der Waals surface area contributed by atoms with Crippen LogP contribution in [0.15, 0.2) is 24.8 Å². The van der Waals surface area contributed by atoms with Gasteiger partial charge in [0, 0.05) is 52.0 Å². The van der Waals surface area contributed by atoms with Gasteiger partial charge in [-0.05, 0) is 13.8 Å². The Labute approximate surface area is 122 Å². The van der Waals surface area contributed by atoms with Gasteiger partial charge in [-0.3, -0.25) is 0 Å². The molecular formula is C15H36N4. The van der Waals surface area contributed by atoms with Crippen molar-refractivity contribution in [3.8, 4) is 0 Å². The summed E-state index contributed by atoms with van der Waals surface area (Å²) in [7, 11) is 4.15. The van der Waals surface area contributed by atoms with Crippen molar-refractivity contribution in [2.75, 3.05) is 40.5 Å². The van der Waals surface area contributed by atoms with Crippen LogP contribution in [-0.2, 0) is 0 Å². The third-order valence-electron chi connectivity index (χ3n) is 2.69. The first kappa shape index (κ1) is 22.8. The van der Waals surface area contributed by atoms with E-state index in [1.54, 1.807) is 0 Å². The normalized spacial score (nSPS) is 15.4. The van der Waals surface area contributed by atoms with Gasteiger partial charge < -0.3 is 19.6 Å². The molecule has 0 amide bonds. The second-order valence-electron chi connectivity index (χ2n) is 4.20. The van der Waals surface area contributed by atoms with Crippen LogP contribution >= 0.6 is 0 Å². The van der Waals surface area contributed by atoms with E-state index in [0.717, 1.165) is 26.4 Å². The quantitative estimate of drug-likeness (QED) is 0.765. The van der Waals surface area contributed by atoms with Gasteiger partial charge in [0.15, 0.2) is 0 Å². The second-order valence-corrected chi connectivity index (χ2v) is 4.20. The molecule has 0 saturated heterocycles. The van der Waals surface area contributed by atoms with E-state index in [1.165, 1.54) is 0 Å². The summed E-state index contributed by atoms with van der Waals surface area (Å²) in [6.45, 7) is 8.64. The van der Waals surface area contributed by atoms with Crippen molar-refractivity contribution in [2.24, 2.45) is 0 Å². The van der Waals surface area contributed by atoms with Crippen molar-refractivity contribution in [2.45, 2.75) is 36.1 Å². The summed E-state index contributed by atoms with van der Waals surface area (Å²) in [5.74, 6) is 0. The molecular weight excluding hydrogens is 236 g/mol. The molecule has 0 radical (unpaired) electrons. The summed E-state index contributed by atoms with van der Waals surface area (Å²) >= 11 is 0. The fourth-order valence-corrected chi connectivity index (χ4v) is 1.59. The third kappa shape index (κ3) is 8.41. The Morgan fingerprint density at radius 1 is 0.684 bits per heavy atom. The van der Waals surface area contributed by atoms with Crippen LogP contribution in [0.5, 0.6) is 0 Å². The Morgan fingerprint density at radius 2 is 1.00 bits per heavy atom. The fraction of sp³-hybridized carbons (Fsp3) is 0.733. The molecule has 0 N–H and O–H groups in total. The molecule has 0 saturated carbocycles. The molecule has 0 spiro atoms. The first-order chi connectivity index (χ1) is 7.65. The highest BCUT2D eigenvalue weighted by Crippen LogP contribution is 2.01. The van der Waals surface area contributed by atoms with Gasteiger partial charge in [0.2, 0.25) is 0 Å². The predicted octanol–water partition coefficient (Wildman–Crippen LogP) is 3.27. The van der Waals surface area contributed by atoms with Crippen LogP contribution < -0.4 is 0 Å². The van der Waals surface area contributed by atoms with Gasteiger partial charge in [-0.25, -0.2) is 0 Å². The first-order valence-corrected chi connectivity index (χ1v) is 5.91. The lowest BCUT2D eigenvalue weighted by molar-refractivity contribution is 0.308. The van der Waals surface area contributed by atoms with Gasteiger partial charge in [0.1, 0.15) is 0 Å². The number of nitrogens with zero attached hydrogens (tertiary/aromatic N) is 4. The third-order valence-corrected chi connectivity index (χ3v) is 2.69. The first-order valence-electron chi connectivity index (χ1n) is 5.91. The van der Waals surface area contributed by atoms with Crippen molar-refractivity contribution >= 4 is 0 Å². The van der Waals surface area contributed by atoms with E-state index in [0.29, 0.717) is 0 Å². The van der Waals surface area contributed by atoms with E-state index in [-0.39, 0.29) is 22.3 Å². The zero-order valence-electron chi connectivity index (χ0n) is 10.9. The van der Waals surface area contributed by atoms with E-state index in [9.17, 15) is 0 Å². The lowest BCUT2D eigenvalue weighted by atomic mass is 10.6. The fourth-order valence-electron chi connectivity index (χ4n) is 1.59. The van der Waals surface area contributed by atoms with E-state index < -0.39 is 0 Å². The summed E-state index contributed by atoms with van der Waals surface area (Å²) in [4.78, 5) is 8.81. The van der Waals surface area contributed by atoms with Gasteiger partial charge in [0.05, 0.1) is 13.3 Å². The van der Waals surface area contributed by atoms with Gasteiger partial charge in [-0.15, -0.1) is 0 Å². The molecule has 0 bridgehead atoms. The monoisotopic (exact) mass is 272 g/mol. The van der Waals surface area contributed by atoms with Gasteiger partial charge in [-0.2, -0.15) is 0 Å². The molecule has 2 heterocycles. The molecule has 2 rings (SSSR count). The minimum absolute atomic E-state index is 0. The number of hydrogen-bond donors (Lipinski definition) is 0. The molecule has 0 fully saturated rings. The van der Waals surface area contributed by atoms with Gasteiger partial charge in [0.25, 0.3) is 0 Å². The maximum Gasteiger partial charge on any atom is 0.0890 e. The van der Waals surface area contributed by atoms with Crippen LogP contribution in [0.25, 0.3) is 0 Å². The largest absolute Gasteiger partial charge is 0.362 e. The van der Waals surface area contributed by atoms with E-state index in [4.69, 9.17) is 0 Å². The minimum Gasteiger partial charge on any atom is -0.362 e. The van der Waals surface area contributed by atoms with Gasteiger partial charge in [-0.1, -0.05) is 22.3 Å². The molecule has 0 aromatic rings. The Bertz CT molecular complexity index is 225. The van der Waals surface area contributed by atoms with Crippen molar-refractivity contribution < 1.29 is 0 Å². The highest BCUT2D eigenvalue weighted by Gasteiger charge is 2.03. The van der Waals surface area contributed by atoms with Crippen LogP contribution in [-0.4, -0.2) is 60.1 Å². The molecule has 2 aliphatic heterocycles. The average Bonchev–Trinajstić information content (AvgIpc) is 2.88. The molecule has 116 valence electrons. The van der Waals surface area contributed by atoms with Crippen molar-refractivity contribution in [3.63, 3.8) is 0 Å². The summed E-state index contributed by atoms with van der Waals surface area (Å²) in [6.07, 6.45) is 8.40. The van der Waals surface area contributed by atoms with E-state index >= 15 is 0 Å². The minimum atomic E-state index is 0. The SMILES string of the molecule is C.C.C.CCN1C=CN(C)C1.CCN1C=CN(C)C1. The van der Waals surface area contributed by atoms with Crippen LogP contribution in [0.2, 0.25) is 0 Å². The Kier molecular flexibility index (Phi) is 14.1.